The molecule has 25 heavy (non-hydrogen) atoms. The van der Waals surface area contributed by atoms with Gasteiger partial charge < -0.3 is 4.57 Å². The van der Waals surface area contributed by atoms with Gasteiger partial charge in [0.25, 0.3) is 6.43 Å². The van der Waals surface area contributed by atoms with Gasteiger partial charge in [0.1, 0.15) is 17.2 Å². The van der Waals surface area contributed by atoms with E-state index >= 15 is 0 Å². The van der Waals surface area contributed by atoms with Crippen molar-refractivity contribution in [1.29, 1.82) is 0 Å². The molecule has 0 fully saturated rings. The fourth-order valence-electron chi connectivity index (χ4n) is 2.89. The Labute approximate surface area is 140 Å². The third-order valence-electron chi connectivity index (χ3n) is 3.96. The van der Waals surface area contributed by atoms with Gasteiger partial charge in [-0.2, -0.15) is 5.10 Å². The van der Waals surface area contributed by atoms with Gasteiger partial charge in [0.15, 0.2) is 11.5 Å². The van der Waals surface area contributed by atoms with Crippen LogP contribution in [0.4, 0.5) is 13.2 Å². The minimum absolute atomic E-state index is 0.226. The second kappa shape index (κ2) is 5.54. The number of alkyl halides is 2. The summed E-state index contributed by atoms with van der Waals surface area (Å²) in [5.74, 6) is 0.424. The fourth-order valence-corrected chi connectivity index (χ4v) is 2.89. The van der Waals surface area contributed by atoms with E-state index in [1.54, 1.807) is 26.0 Å². The van der Waals surface area contributed by atoms with Crippen LogP contribution in [0.15, 0.2) is 24.5 Å². The topological polar surface area (TPSA) is 60.9 Å². The number of hydrogen-bond acceptors (Lipinski definition) is 4. The number of fused-ring (bicyclic) bond motifs is 2. The van der Waals surface area contributed by atoms with Crippen LogP contribution in [-0.4, -0.2) is 35.6 Å². The van der Waals surface area contributed by atoms with Crippen molar-refractivity contribution < 1.29 is 13.2 Å². The first kappa shape index (κ1) is 15.6. The van der Waals surface area contributed by atoms with Crippen molar-refractivity contribution in [2.45, 2.75) is 26.8 Å². The normalized spacial score (nSPS) is 11.9. The summed E-state index contributed by atoms with van der Waals surface area (Å²) in [5.41, 5.74) is 1.77. The van der Waals surface area contributed by atoms with Crippen LogP contribution in [0.3, 0.4) is 0 Å². The zero-order chi connectivity index (χ0) is 17.7. The minimum atomic E-state index is -2.54. The molecular weight excluding hydrogens is 333 g/mol. The second-order valence-electron chi connectivity index (χ2n) is 5.69. The lowest BCUT2D eigenvalue weighted by atomic mass is 10.2. The molecule has 9 heteroatoms. The summed E-state index contributed by atoms with van der Waals surface area (Å²) in [7, 11) is 0. The molecule has 0 spiro atoms. The molecular formula is C16H13F3N6. The molecule has 0 atom stereocenters. The second-order valence-corrected chi connectivity index (χ2v) is 5.69. The largest absolute Gasteiger partial charge is 0.307 e. The monoisotopic (exact) mass is 346 g/mol. The first-order chi connectivity index (χ1) is 11.9. The van der Waals surface area contributed by atoms with E-state index in [0.29, 0.717) is 34.0 Å². The van der Waals surface area contributed by atoms with E-state index in [4.69, 9.17) is 0 Å². The Balaban J connectivity index is 1.94. The molecule has 0 unspecified atom stereocenters. The summed E-state index contributed by atoms with van der Waals surface area (Å²) >= 11 is 0. The molecule has 0 aliphatic carbocycles. The molecule has 4 heterocycles. The van der Waals surface area contributed by atoms with Crippen molar-refractivity contribution in [2.24, 2.45) is 0 Å². The van der Waals surface area contributed by atoms with E-state index in [0.717, 1.165) is 0 Å². The molecule has 0 bridgehead atoms. The molecule has 0 N–H and O–H groups in total. The summed E-state index contributed by atoms with van der Waals surface area (Å²) in [5, 5.41) is 4.13. The molecule has 0 aliphatic heterocycles. The average Bonchev–Trinajstić information content (AvgIpc) is 3.02. The van der Waals surface area contributed by atoms with Gasteiger partial charge in [-0.1, -0.05) is 0 Å². The molecule has 0 radical (unpaired) electrons. The maximum absolute atomic E-state index is 14.5. The Morgan fingerprint density at radius 2 is 1.96 bits per heavy atom. The maximum Gasteiger partial charge on any atom is 0.256 e. The van der Waals surface area contributed by atoms with E-state index in [2.05, 4.69) is 20.1 Å². The number of halogens is 3. The summed E-state index contributed by atoms with van der Waals surface area (Å²) in [6.07, 6.45) is 0.214. The van der Waals surface area contributed by atoms with Crippen molar-refractivity contribution in [1.82, 2.24) is 29.1 Å². The lowest BCUT2D eigenvalue weighted by Gasteiger charge is -2.06. The quantitative estimate of drug-likeness (QED) is 0.572. The third-order valence-corrected chi connectivity index (χ3v) is 3.96. The van der Waals surface area contributed by atoms with Crippen molar-refractivity contribution in [3.63, 3.8) is 0 Å². The number of imidazole rings is 1. The molecule has 4 aromatic rings. The van der Waals surface area contributed by atoms with E-state index in [9.17, 15) is 13.2 Å². The van der Waals surface area contributed by atoms with Gasteiger partial charge in [0, 0.05) is 0 Å². The molecule has 0 saturated carbocycles. The SMILES string of the molecule is Cc1ncc2c(-c3ccc4nc(C)n(CC(F)F)c4n3)c(F)cn2n1. The van der Waals surface area contributed by atoms with Crippen molar-refractivity contribution in [3.8, 4) is 11.3 Å². The van der Waals surface area contributed by atoms with Crippen molar-refractivity contribution in [3.05, 3.63) is 42.0 Å². The van der Waals surface area contributed by atoms with Gasteiger partial charge in [-0.3, -0.25) is 0 Å². The molecule has 4 rings (SSSR count). The lowest BCUT2D eigenvalue weighted by molar-refractivity contribution is 0.127. The van der Waals surface area contributed by atoms with Gasteiger partial charge in [-0.25, -0.2) is 32.6 Å². The van der Waals surface area contributed by atoms with E-state index < -0.39 is 18.8 Å². The molecule has 0 aliphatic rings. The molecule has 6 nitrogen and oxygen atoms in total. The number of hydrogen-bond donors (Lipinski definition) is 0. The highest BCUT2D eigenvalue weighted by Gasteiger charge is 2.18. The Morgan fingerprint density at radius 1 is 1.16 bits per heavy atom. The van der Waals surface area contributed by atoms with Crippen LogP contribution in [0.2, 0.25) is 0 Å². The Hall–Kier alpha value is -2.97. The number of nitrogens with zero attached hydrogens (tertiary/aromatic N) is 6. The first-order valence-corrected chi connectivity index (χ1v) is 7.57. The predicted octanol–water partition coefficient (Wildman–Crippen LogP) is 3.16. The van der Waals surface area contributed by atoms with Crippen LogP contribution in [-0.2, 0) is 6.54 Å². The number of pyridine rings is 1. The Bertz CT molecular complexity index is 1100. The number of rotatable bonds is 3. The first-order valence-electron chi connectivity index (χ1n) is 7.57. The number of aromatic nitrogens is 6. The van der Waals surface area contributed by atoms with Crippen molar-refractivity contribution >= 4 is 16.7 Å². The van der Waals surface area contributed by atoms with Gasteiger partial charge in [0.05, 0.1) is 35.7 Å². The molecule has 128 valence electrons. The van der Waals surface area contributed by atoms with Gasteiger partial charge in [0.2, 0.25) is 0 Å². The van der Waals surface area contributed by atoms with Crippen LogP contribution < -0.4 is 0 Å². The third kappa shape index (κ3) is 2.51. The smallest absolute Gasteiger partial charge is 0.256 e. The van der Waals surface area contributed by atoms with Crippen LogP contribution in [0.5, 0.6) is 0 Å². The van der Waals surface area contributed by atoms with E-state index in [-0.39, 0.29) is 5.56 Å². The van der Waals surface area contributed by atoms with E-state index in [1.165, 1.54) is 21.5 Å². The molecule has 0 aromatic carbocycles. The van der Waals surface area contributed by atoms with Crippen LogP contribution >= 0.6 is 0 Å². The lowest BCUT2D eigenvalue weighted by Crippen LogP contribution is -2.09. The highest BCUT2D eigenvalue weighted by atomic mass is 19.3. The highest BCUT2D eigenvalue weighted by molar-refractivity contribution is 5.83. The van der Waals surface area contributed by atoms with E-state index in [1.807, 2.05) is 0 Å². The molecule has 4 aromatic heterocycles. The van der Waals surface area contributed by atoms with Crippen LogP contribution in [0.25, 0.3) is 27.9 Å². The Morgan fingerprint density at radius 3 is 2.72 bits per heavy atom. The molecule has 0 amide bonds. The standard InChI is InChI=1S/C16H13F3N6/c1-8-20-5-13-15(10(17)6-25(13)23-8)11-3-4-12-16(22-11)24(7-14(18)19)9(2)21-12/h3-6,14H,7H2,1-2H3. The Kier molecular flexibility index (Phi) is 3.45. The summed E-state index contributed by atoms with van der Waals surface area (Å²) in [4.78, 5) is 12.7. The zero-order valence-electron chi connectivity index (χ0n) is 13.4. The van der Waals surface area contributed by atoms with Gasteiger partial charge >= 0.3 is 0 Å². The van der Waals surface area contributed by atoms with Crippen LogP contribution in [0.1, 0.15) is 11.6 Å². The zero-order valence-corrected chi connectivity index (χ0v) is 13.4. The van der Waals surface area contributed by atoms with Gasteiger partial charge in [-0.05, 0) is 26.0 Å². The highest BCUT2D eigenvalue weighted by Crippen LogP contribution is 2.29. The summed E-state index contributed by atoms with van der Waals surface area (Å²) in [6.45, 7) is 2.82. The summed E-state index contributed by atoms with van der Waals surface area (Å²) in [6, 6.07) is 3.25. The minimum Gasteiger partial charge on any atom is -0.307 e. The summed E-state index contributed by atoms with van der Waals surface area (Å²) < 4.78 is 42.9. The molecule has 0 saturated heterocycles. The fraction of sp³-hybridized carbons (Fsp3) is 0.250. The average molecular weight is 346 g/mol. The van der Waals surface area contributed by atoms with Crippen LogP contribution in [0, 0.1) is 19.7 Å². The van der Waals surface area contributed by atoms with Gasteiger partial charge in [-0.15, -0.1) is 0 Å². The maximum atomic E-state index is 14.5. The van der Waals surface area contributed by atoms with Crippen molar-refractivity contribution in [2.75, 3.05) is 0 Å². The number of aryl methyl sites for hydroxylation is 2. The predicted molar refractivity (Wildman–Crippen MR) is 84.9 cm³/mol.